The maximum atomic E-state index is 13.1. The van der Waals surface area contributed by atoms with Crippen molar-refractivity contribution in [3.63, 3.8) is 0 Å². The SMILES string of the molecule is C=N/C=C\c1c(C)n(C)c2cc(F)ccc12. The molecule has 0 radical (unpaired) electrons. The highest BCUT2D eigenvalue weighted by Gasteiger charge is 2.09. The Hall–Kier alpha value is -1.90. The van der Waals surface area contributed by atoms with Gasteiger partial charge in [-0.25, -0.2) is 4.39 Å². The van der Waals surface area contributed by atoms with Crippen LogP contribution in [-0.4, -0.2) is 11.3 Å². The van der Waals surface area contributed by atoms with Crippen LogP contribution >= 0.6 is 0 Å². The maximum absolute atomic E-state index is 13.1. The average molecular weight is 216 g/mol. The zero-order valence-corrected chi connectivity index (χ0v) is 9.37. The van der Waals surface area contributed by atoms with Crippen molar-refractivity contribution in [1.82, 2.24) is 4.57 Å². The van der Waals surface area contributed by atoms with Crippen LogP contribution in [0.2, 0.25) is 0 Å². The van der Waals surface area contributed by atoms with E-state index in [9.17, 15) is 4.39 Å². The highest BCUT2D eigenvalue weighted by atomic mass is 19.1. The summed E-state index contributed by atoms with van der Waals surface area (Å²) in [4.78, 5) is 3.69. The summed E-state index contributed by atoms with van der Waals surface area (Å²) in [7, 11) is 1.93. The molecule has 0 bridgehead atoms. The van der Waals surface area contributed by atoms with Gasteiger partial charge in [-0.15, -0.1) is 0 Å². The maximum Gasteiger partial charge on any atom is 0.125 e. The molecule has 0 N–H and O–H groups in total. The van der Waals surface area contributed by atoms with E-state index in [0.29, 0.717) is 0 Å². The fourth-order valence-electron chi connectivity index (χ4n) is 1.90. The number of halogens is 1. The summed E-state index contributed by atoms with van der Waals surface area (Å²) in [6.45, 7) is 5.40. The Bertz CT molecular complexity index is 579. The van der Waals surface area contributed by atoms with Crippen LogP contribution in [0.3, 0.4) is 0 Å². The smallest absolute Gasteiger partial charge is 0.125 e. The van der Waals surface area contributed by atoms with Crippen LogP contribution < -0.4 is 0 Å². The zero-order chi connectivity index (χ0) is 11.7. The van der Waals surface area contributed by atoms with Gasteiger partial charge >= 0.3 is 0 Å². The molecule has 0 aliphatic rings. The van der Waals surface area contributed by atoms with Crippen LogP contribution in [-0.2, 0) is 7.05 Å². The topological polar surface area (TPSA) is 17.3 Å². The number of benzene rings is 1. The van der Waals surface area contributed by atoms with E-state index < -0.39 is 0 Å². The van der Waals surface area contributed by atoms with Gasteiger partial charge in [0.2, 0.25) is 0 Å². The predicted molar refractivity (Wildman–Crippen MR) is 66.2 cm³/mol. The first kappa shape index (κ1) is 10.6. The first-order valence-electron chi connectivity index (χ1n) is 5.02. The molecular weight excluding hydrogens is 203 g/mol. The molecule has 0 unspecified atom stereocenters. The lowest BCUT2D eigenvalue weighted by Crippen LogP contribution is -1.90. The molecule has 2 rings (SSSR count). The highest BCUT2D eigenvalue weighted by Crippen LogP contribution is 2.26. The van der Waals surface area contributed by atoms with Crippen LogP contribution in [0.1, 0.15) is 11.3 Å². The average Bonchev–Trinajstić information content (AvgIpc) is 2.50. The number of fused-ring (bicyclic) bond motifs is 1. The van der Waals surface area contributed by atoms with Gasteiger partial charge in [0.15, 0.2) is 0 Å². The van der Waals surface area contributed by atoms with Gasteiger partial charge in [0.1, 0.15) is 5.82 Å². The third-order valence-corrected chi connectivity index (χ3v) is 2.85. The Kier molecular flexibility index (Phi) is 2.60. The van der Waals surface area contributed by atoms with E-state index >= 15 is 0 Å². The van der Waals surface area contributed by atoms with Crippen molar-refractivity contribution in [3.05, 3.63) is 41.5 Å². The number of nitrogens with zero attached hydrogens (tertiary/aromatic N) is 2. The molecule has 0 saturated heterocycles. The Morgan fingerprint density at radius 1 is 1.44 bits per heavy atom. The number of aryl methyl sites for hydroxylation is 1. The Morgan fingerprint density at radius 3 is 2.88 bits per heavy atom. The van der Waals surface area contributed by atoms with Crippen molar-refractivity contribution < 1.29 is 4.39 Å². The van der Waals surface area contributed by atoms with E-state index in [1.165, 1.54) is 6.07 Å². The summed E-state index contributed by atoms with van der Waals surface area (Å²) in [6.07, 6.45) is 3.54. The third kappa shape index (κ3) is 1.54. The Labute approximate surface area is 93.7 Å². The molecule has 0 aliphatic carbocycles. The molecule has 3 heteroatoms. The molecule has 1 heterocycles. The molecular formula is C13H13FN2. The number of hydrogen-bond donors (Lipinski definition) is 0. The monoisotopic (exact) mass is 216 g/mol. The van der Waals surface area contributed by atoms with Crippen molar-refractivity contribution in [3.8, 4) is 0 Å². The van der Waals surface area contributed by atoms with Gasteiger partial charge in [-0.2, -0.15) is 0 Å². The Morgan fingerprint density at radius 2 is 2.19 bits per heavy atom. The third-order valence-electron chi connectivity index (χ3n) is 2.85. The molecule has 1 aromatic heterocycles. The van der Waals surface area contributed by atoms with Crippen LogP contribution in [0, 0.1) is 12.7 Å². The minimum atomic E-state index is -0.217. The van der Waals surface area contributed by atoms with Crippen LogP contribution in [0.25, 0.3) is 17.0 Å². The largest absolute Gasteiger partial charge is 0.347 e. The van der Waals surface area contributed by atoms with Gasteiger partial charge in [0.25, 0.3) is 0 Å². The molecule has 0 fully saturated rings. The van der Waals surface area contributed by atoms with E-state index in [0.717, 1.165) is 22.2 Å². The molecule has 0 spiro atoms. The van der Waals surface area contributed by atoms with Crippen molar-refractivity contribution in [2.75, 3.05) is 0 Å². The molecule has 82 valence electrons. The molecule has 0 atom stereocenters. The molecule has 0 amide bonds. The van der Waals surface area contributed by atoms with Crippen LogP contribution in [0.5, 0.6) is 0 Å². The van der Waals surface area contributed by atoms with E-state index in [2.05, 4.69) is 11.7 Å². The molecule has 2 aromatic rings. The summed E-state index contributed by atoms with van der Waals surface area (Å²) in [5.74, 6) is -0.217. The lowest BCUT2D eigenvalue weighted by molar-refractivity contribution is 0.629. The van der Waals surface area contributed by atoms with Crippen molar-refractivity contribution in [1.29, 1.82) is 0 Å². The van der Waals surface area contributed by atoms with Crippen LogP contribution in [0.15, 0.2) is 29.4 Å². The Balaban J connectivity index is 2.78. The summed E-state index contributed by atoms with van der Waals surface area (Å²) >= 11 is 0. The van der Waals surface area contributed by atoms with E-state index in [1.807, 2.05) is 24.6 Å². The van der Waals surface area contributed by atoms with Gasteiger partial charge in [-0.1, -0.05) is 0 Å². The van der Waals surface area contributed by atoms with Crippen molar-refractivity contribution in [2.24, 2.45) is 12.0 Å². The first-order valence-corrected chi connectivity index (χ1v) is 5.02. The molecule has 2 nitrogen and oxygen atoms in total. The van der Waals surface area contributed by atoms with Gasteiger partial charge in [-0.05, 0) is 37.9 Å². The van der Waals surface area contributed by atoms with Crippen molar-refractivity contribution in [2.45, 2.75) is 6.92 Å². The molecule has 1 aromatic carbocycles. The van der Waals surface area contributed by atoms with Crippen LogP contribution in [0.4, 0.5) is 4.39 Å². The normalized spacial score (nSPS) is 11.4. The second kappa shape index (κ2) is 3.93. The molecule has 0 aliphatic heterocycles. The second-order valence-electron chi connectivity index (χ2n) is 3.72. The van der Waals surface area contributed by atoms with E-state index in [1.54, 1.807) is 18.3 Å². The number of aromatic nitrogens is 1. The minimum Gasteiger partial charge on any atom is -0.347 e. The standard InChI is InChI=1S/C13H13FN2/c1-9-11(6-7-15-2)12-5-4-10(14)8-13(12)16(9)3/h4-8H,2H2,1,3H3/b7-6-. The quantitative estimate of drug-likeness (QED) is 0.685. The van der Waals surface area contributed by atoms with Gasteiger partial charge < -0.3 is 4.57 Å². The van der Waals surface area contributed by atoms with E-state index in [4.69, 9.17) is 0 Å². The van der Waals surface area contributed by atoms with Crippen molar-refractivity contribution >= 4 is 23.7 Å². The van der Waals surface area contributed by atoms with Gasteiger partial charge in [-0.3, -0.25) is 4.99 Å². The number of rotatable bonds is 2. The molecule has 16 heavy (non-hydrogen) atoms. The fourth-order valence-corrected chi connectivity index (χ4v) is 1.90. The minimum absolute atomic E-state index is 0.217. The van der Waals surface area contributed by atoms with Gasteiger partial charge in [0.05, 0.1) is 5.52 Å². The summed E-state index contributed by atoms with van der Waals surface area (Å²) in [5.41, 5.74) is 3.03. The number of aliphatic imine (C=N–C) groups is 1. The van der Waals surface area contributed by atoms with Gasteiger partial charge in [0, 0.05) is 29.9 Å². The lowest BCUT2D eigenvalue weighted by Gasteiger charge is -1.97. The lowest BCUT2D eigenvalue weighted by atomic mass is 10.1. The summed E-state index contributed by atoms with van der Waals surface area (Å²) in [6, 6.07) is 4.81. The zero-order valence-electron chi connectivity index (χ0n) is 9.37. The second-order valence-corrected chi connectivity index (χ2v) is 3.72. The molecule has 0 saturated carbocycles. The van der Waals surface area contributed by atoms with E-state index in [-0.39, 0.29) is 5.82 Å². The summed E-state index contributed by atoms with van der Waals surface area (Å²) < 4.78 is 15.1. The fraction of sp³-hybridized carbons (Fsp3) is 0.154. The summed E-state index contributed by atoms with van der Waals surface area (Å²) in [5, 5.41) is 1.03. The first-order chi connectivity index (χ1) is 7.65. The highest BCUT2D eigenvalue weighted by molar-refractivity contribution is 5.91. The predicted octanol–water partition coefficient (Wildman–Crippen LogP) is 3.30. The number of hydrogen-bond acceptors (Lipinski definition) is 1.